The SMILES string of the molecule is C.C.C.Cc1nc(N2CCOC[C@@H]2C)nc(-n2ccnc2)c1[N+](=O)[O-].Cc1nc(N2CCOC[C@@H]2C)nc(-n2ccnc2)c1[N+](=O)[O-].O=S(=O)(O)c1ccccc1. The van der Waals surface area contributed by atoms with Crippen LogP contribution in [0.1, 0.15) is 47.5 Å². The zero-order valence-electron chi connectivity index (χ0n) is 29.7. The Labute approximate surface area is 331 Å². The van der Waals surface area contributed by atoms with Crippen LogP contribution in [0.3, 0.4) is 0 Å². The van der Waals surface area contributed by atoms with Gasteiger partial charge in [0.2, 0.25) is 23.5 Å². The fraction of sp³-hybridized carbons (Fsp3) is 0.429. The van der Waals surface area contributed by atoms with Gasteiger partial charge >= 0.3 is 11.4 Å². The second kappa shape index (κ2) is 20.8. The lowest BCUT2D eigenvalue weighted by atomic mass is 10.2. The topological polar surface area (TPSA) is 253 Å². The van der Waals surface area contributed by atoms with Crippen LogP contribution < -0.4 is 9.80 Å². The molecule has 6 heterocycles. The van der Waals surface area contributed by atoms with E-state index >= 15 is 0 Å². The summed E-state index contributed by atoms with van der Waals surface area (Å²) in [5.74, 6) is 1.40. The lowest BCUT2D eigenvalue weighted by Gasteiger charge is -2.33. The van der Waals surface area contributed by atoms with Crippen LogP contribution in [0.5, 0.6) is 0 Å². The minimum Gasteiger partial charge on any atom is -0.377 e. The molecule has 22 heteroatoms. The molecule has 7 rings (SSSR count). The third-order valence-electron chi connectivity index (χ3n) is 8.21. The molecule has 310 valence electrons. The van der Waals surface area contributed by atoms with Crippen molar-refractivity contribution in [2.45, 2.75) is 67.0 Å². The van der Waals surface area contributed by atoms with Crippen LogP contribution in [0.15, 0.2) is 72.7 Å². The van der Waals surface area contributed by atoms with Gasteiger partial charge in [0.05, 0.1) is 53.3 Å². The molecule has 1 N–H and O–H groups in total. The second-order valence-corrected chi connectivity index (χ2v) is 13.5. The number of hydrogen-bond donors (Lipinski definition) is 1. The average Bonchev–Trinajstić information content (AvgIpc) is 3.88. The molecular weight excluding hydrogens is 765 g/mol. The van der Waals surface area contributed by atoms with Crippen LogP contribution in [0.25, 0.3) is 11.6 Å². The molecule has 0 radical (unpaired) electrons. The van der Waals surface area contributed by atoms with Gasteiger partial charge in [0, 0.05) is 37.9 Å². The number of nitro groups is 2. The molecule has 2 atom stereocenters. The van der Waals surface area contributed by atoms with E-state index in [9.17, 15) is 28.6 Å². The summed E-state index contributed by atoms with van der Waals surface area (Å²) in [5.41, 5.74) is 0.445. The van der Waals surface area contributed by atoms with Crippen molar-refractivity contribution >= 4 is 33.4 Å². The highest BCUT2D eigenvalue weighted by Gasteiger charge is 2.29. The Hall–Kier alpha value is -5.97. The van der Waals surface area contributed by atoms with Gasteiger partial charge in [0.15, 0.2) is 0 Å². The molecule has 2 aliphatic heterocycles. The molecule has 0 aliphatic carbocycles. The minimum absolute atomic E-state index is 0. The van der Waals surface area contributed by atoms with Crippen LogP contribution in [0.4, 0.5) is 23.3 Å². The number of benzene rings is 1. The standard InChI is InChI=1S/2C13H16N6O3.C6H6O3S.3CH4/c2*1-9-7-22-6-5-18(9)13-15-10(2)11(19(20)21)12(16-13)17-4-3-14-8-17;7-10(8,9)6-4-2-1-3-5-6;;;/h2*3-4,8-9H,5-7H2,1-2H3;1-5H,(H,7,8,9);3*1H4/t2*9-;;;;/m00..../s1. The third kappa shape index (κ3) is 11.5. The van der Waals surface area contributed by atoms with Crippen LogP contribution in [-0.4, -0.2) is 113 Å². The second-order valence-electron chi connectivity index (χ2n) is 12.0. The summed E-state index contributed by atoms with van der Waals surface area (Å²) in [7, 11) is -4.00. The molecule has 0 amide bonds. The lowest BCUT2D eigenvalue weighted by Crippen LogP contribution is -2.44. The Morgan fingerprint density at radius 1 is 0.719 bits per heavy atom. The first-order valence-corrected chi connectivity index (χ1v) is 17.9. The molecule has 2 aliphatic rings. The number of nitrogens with zero attached hydrogens (tertiary/aromatic N) is 12. The summed E-state index contributed by atoms with van der Waals surface area (Å²) in [4.78, 5) is 51.0. The van der Waals surface area contributed by atoms with E-state index in [1.807, 2.05) is 23.6 Å². The van der Waals surface area contributed by atoms with Crippen LogP contribution >= 0.6 is 0 Å². The first kappa shape index (κ1) is 47.2. The highest BCUT2D eigenvalue weighted by Crippen LogP contribution is 2.29. The van der Waals surface area contributed by atoms with E-state index in [1.165, 1.54) is 33.9 Å². The van der Waals surface area contributed by atoms with Crippen LogP contribution in [0.2, 0.25) is 0 Å². The fourth-order valence-electron chi connectivity index (χ4n) is 5.53. The van der Waals surface area contributed by atoms with E-state index in [4.69, 9.17) is 14.0 Å². The predicted octanol–water partition coefficient (Wildman–Crippen LogP) is 5.05. The number of anilines is 2. The Kier molecular flexibility index (Phi) is 17.2. The summed E-state index contributed by atoms with van der Waals surface area (Å²) in [6.45, 7) is 10.9. The number of imidazole rings is 2. The van der Waals surface area contributed by atoms with Gasteiger partial charge in [-0.25, -0.2) is 19.9 Å². The molecule has 57 heavy (non-hydrogen) atoms. The molecule has 0 unspecified atom stereocenters. The number of rotatable bonds is 7. The summed E-state index contributed by atoms with van der Waals surface area (Å²) in [6, 6.07) is 7.65. The monoisotopic (exact) mass is 814 g/mol. The first-order chi connectivity index (χ1) is 25.8. The van der Waals surface area contributed by atoms with Gasteiger partial charge < -0.3 is 19.3 Å². The highest BCUT2D eigenvalue weighted by molar-refractivity contribution is 7.85. The van der Waals surface area contributed by atoms with E-state index < -0.39 is 20.0 Å². The Bertz CT molecular complexity index is 2040. The molecule has 21 nitrogen and oxygen atoms in total. The largest absolute Gasteiger partial charge is 0.377 e. The van der Waals surface area contributed by atoms with Gasteiger partial charge in [-0.3, -0.25) is 33.9 Å². The van der Waals surface area contributed by atoms with Crippen molar-refractivity contribution in [3.63, 3.8) is 0 Å². The van der Waals surface area contributed by atoms with Gasteiger partial charge in [0.1, 0.15) is 24.0 Å². The smallest absolute Gasteiger partial charge is 0.333 e. The Morgan fingerprint density at radius 3 is 1.42 bits per heavy atom. The molecule has 0 bridgehead atoms. The van der Waals surface area contributed by atoms with Crippen molar-refractivity contribution in [3.05, 3.63) is 99.4 Å². The maximum Gasteiger partial charge on any atom is 0.333 e. The van der Waals surface area contributed by atoms with Gasteiger partial charge in [-0.15, -0.1) is 0 Å². The first-order valence-electron chi connectivity index (χ1n) is 16.5. The van der Waals surface area contributed by atoms with E-state index in [1.54, 1.807) is 56.8 Å². The molecule has 2 saturated heterocycles. The van der Waals surface area contributed by atoms with Crippen molar-refractivity contribution in [2.24, 2.45) is 0 Å². The maximum atomic E-state index is 11.3. The Balaban J connectivity index is 0.000000306. The molecule has 1 aromatic carbocycles. The summed E-state index contributed by atoms with van der Waals surface area (Å²) < 4.78 is 43.1. The van der Waals surface area contributed by atoms with Crippen molar-refractivity contribution < 1.29 is 32.3 Å². The van der Waals surface area contributed by atoms with Crippen LogP contribution in [-0.2, 0) is 19.6 Å². The van der Waals surface area contributed by atoms with Crippen molar-refractivity contribution in [3.8, 4) is 11.6 Å². The quantitative estimate of drug-likeness (QED) is 0.128. The number of aryl methyl sites for hydroxylation is 2. The third-order valence-corrected chi connectivity index (χ3v) is 9.08. The average molecular weight is 815 g/mol. The number of ether oxygens (including phenoxy) is 2. The van der Waals surface area contributed by atoms with Gasteiger partial charge in [-0.05, 0) is 39.8 Å². The van der Waals surface area contributed by atoms with Crippen LogP contribution in [0, 0.1) is 34.1 Å². The minimum atomic E-state index is -4.00. The van der Waals surface area contributed by atoms with Crippen molar-refractivity contribution in [2.75, 3.05) is 49.3 Å². The Morgan fingerprint density at radius 2 is 1.12 bits per heavy atom. The van der Waals surface area contributed by atoms with Crippen molar-refractivity contribution in [1.29, 1.82) is 0 Å². The number of hydrogen-bond acceptors (Lipinski definition) is 16. The van der Waals surface area contributed by atoms with E-state index in [0.29, 0.717) is 62.8 Å². The van der Waals surface area contributed by atoms with Gasteiger partial charge in [-0.1, -0.05) is 40.5 Å². The van der Waals surface area contributed by atoms with E-state index in [2.05, 4.69) is 29.9 Å². The van der Waals surface area contributed by atoms with E-state index in [0.717, 1.165) is 0 Å². The molecule has 0 spiro atoms. The predicted molar refractivity (Wildman–Crippen MR) is 213 cm³/mol. The molecular formula is C35H50N12O9S. The van der Waals surface area contributed by atoms with E-state index in [-0.39, 0.29) is 62.3 Å². The highest BCUT2D eigenvalue weighted by atomic mass is 32.2. The fourth-order valence-corrected chi connectivity index (χ4v) is 6.03. The summed E-state index contributed by atoms with van der Waals surface area (Å²) >= 11 is 0. The zero-order chi connectivity index (χ0) is 39.0. The van der Waals surface area contributed by atoms with Gasteiger partial charge in [0.25, 0.3) is 10.1 Å². The van der Waals surface area contributed by atoms with Gasteiger partial charge in [-0.2, -0.15) is 18.4 Å². The zero-order valence-corrected chi connectivity index (χ0v) is 30.6. The molecule has 4 aromatic heterocycles. The molecule has 2 fully saturated rings. The normalized spacial score (nSPS) is 16.2. The lowest BCUT2D eigenvalue weighted by molar-refractivity contribution is -0.385. The number of aromatic nitrogens is 8. The summed E-state index contributed by atoms with van der Waals surface area (Å²) in [6.07, 6.45) is 9.33. The summed E-state index contributed by atoms with van der Waals surface area (Å²) in [5, 5.41) is 22.7. The van der Waals surface area contributed by atoms with Crippen molar-refractivity contribution in [1.82, 2.24) is 39.0 Å². The maximum absolute atomic E-state index is 11.3. The molecule has 0 saturated carbocycles. The number of morpholine rings is 2. The molecule has 5 aromatic rings.